The smallest absolute Gasteiger partial charge is 0.341 e. The molecule has 1 aliphatic heterocycles. The normalized spacial score (nSPS) is 13.5. The third-order valence-electron chi connectivity index (χ3n) is 5.18. The van der Waals surface area contributed by atoms with Crippen LogP contribution in [0.1, 0.15) is 44.9 Å². The molecule has 0 fully saturated rings. The predicted octanol–water partition coefficient (Wildman–Crippen LogP) is 3.72. The summed E-state index contributed by atoms with van der Waals surface area (Å²) >= 11 is 1.04. The number of furan rings is 1. The fourth-order valence-electron chi connectivity index (χ4n) is 3.59. The molecule has 174 valence electrons. The Balaban J connectivity index is 1.63. The maximum absolute atomic E-state index is 13.0. The number of nitro benzene ring substituents is 1. The third-order valence-corrected chi connectivity index (χ3v) is 6.08. The van der Waals surface area contributed by atoms with E-state index in [0.29, 0.717) is 16.2 Å². The highest BCUT2D eigenvalue weighted by atomic mass is 32.1. The summed E-state index contributed by atoms with van der Waals surface area (Å²) in [5.74, 6) is -2.83. The quantitative estimate of drug-likeness (QED) is 0.231. The topological polar surface area (TPSA) is 149 Å². The Morgan fingerprint density at radius 3 is 2.62 bits per heavy atom. The van der Waals surface area contributed by atoms with Gasteiger partial charge in [-0.1, -0.05) is 6.07 Å². The monoisotopic (exact) mass is 483 g/mol. The van der Waals surface area contributed by atoms with E-state index in [1.54, 1.807) is 24.4 Å². The summed E-state index contributed by atoms with van der Waals surface area (Å²) in [6, 6.07) is 5.67. The number of imide groups is 1. The van der Waals surface area contributed by atoms with E-state index >= 15 is 0 Å². The minimum absolute atomic E-state index is 0.0698. The molecular formula is C22H17N3O8S. The Bertz CT molecular complexity index is 1330. The number of anilines is 1. The molecule has 1 aromatic carbocycles. The molecule has 12 heteroatoms. The number of thiophene rings is 1. The zero-order chi connectivity index (χ0) is 24.6. The van der Waals surface area contributed by atoms with E-state index in [-0.39, 0.29) is 28.3 Å². The first-order chi connectivity index (χ1) is 16.3. The van der Waals surface area contributed by atoms with Crippen LogP contribution in [0.3, 0.4) is 0 Å². The van der Waals surface area contributed by atoms with Crippen LogP contribution in [-0.2, 0) is 9.53 Å². The lowest BCUT2D eigenvalue weighted by Crippen LogP contribution is -2.45. The van der Waals surface area contributed by atoms with Gasteiger partial charge in [0.2, 0.25) is 5.91 Å². The largest absolute Gasteiger partial charge is 0.464 e. The SMILES string of the molecule is CCOC(=O)c1c(-c2ccco2)csc1NC(=O)[C@H](C)N1C(=O)c2cccc([N+](=O)[O-])c2C1=O. The summed E-state index contributed by atoms with van der Waals surface area (Å²) < 4.78 is 10.5. The first kappa shape index (κ1) is 22.9. The average Bonchev–Trinajstić information content (AvgIpc) is 3.52. The average molecular weight is 483 g/mol. The Kier molecular flexibility index (Phi) is 5.99. The Labute approximate surface area is 196 Å². The molecule has 0 radical (unpaired) electrons. The Morgan fingerprint density at radius 2 is 1.97 bits per heavy atom. The van der Waals surface area contributed by atoms with Crippen molar-refractivity contribution in [2.45, 2.75) is 19.9 Å². The number of hydrogen-bond donors (Lipinski definition) is 1. The van der Waals surface area contributed by atoms with E-state index in [4.69, 9.17) is 9.15 Å². The van der Waals surface area contributed by atoms with E-state index in [2.05, 4.69) is 5.32 Å². The van der Waals surface area contributed by atoms with Gasteiger partial charge in [0.15, 0.2) is 0 Å². The molecule has 2 aromatic heterocycles. The number of carbonyl (C=O) groups is 4. The Hall–Kier alpha value is -4.32. The molecule has 0 unspecified atom stereocenters. The number of rotatable bonds is 7. The van der Waals surface area contributed by atoms with Gasteiger partial charge < -0.3 is 14.5 Å². The van der Waals surface area contributed by atoms with Gasteiger partial charge in [0.05, 0.1) is 23.4 Å². The van der Waals surface area contributed by atoms with Gasteiger partial charge in [-0.05, 0) is 32.0 Å². The highest BCUT2D eigenvalue weighted by Crippen LogP contribution is 2.37. The van der Waals surface area contributed by atoms with Crippen LogP contribution >= 0.6 is 11.3 Å². The van der Waals surface area contributed by atoms with Crippen LogP contribution in [0.25, 0.3) is 11.3 Å². The fraction of sp³-hybridized carbons (Fsp3) is 0.182. The molecule has 3 amide bonds. The van der Waals surface area contributed by atoms with Crippen molar-refractivity contribution in [2.24, 2.45) is 0 Å². The van der Waals surface area contributed by atoms with E-state index in [1.165, 1.54) is 25.3 Å². The van der Waals surface area contributed by atoms with Gasteiger partial charge >= 0.3 is 5.97 Å². The fourth-order valence-corrected chi connectivity index (χ4v) is 4.53. The lowest BCUT2D eigenvalue weighted by molar-refractivity contribution is -0.385. The number of benzene rings is 1. The molecular weight excluding hydrogens is 466 g/mol. The van der Waals surface area contributed by atoms with Crippen LogP contribution < -0.4 is 5.32 Å². The minimum atomic E-state index is -1.32. The molecule has 0 spiro atoms. The molecule has 3 aromatic rings. The highest BCUT2D eigenvalue weighted by Gasteiger charge is 2.45. The number of amides is 3. The van der Waals surface area contributed by atoms with Crippen LogP contribution in [0, 0.1) is 10.1 Å². The van der Waals surface area contributed by atoms with Gasteiger partial charge in [0.1, 0.15) is 27.9 Å². The number of nitrogens with zero attached hydrogens (tertiary/aromatic N) is 2. The van der Waals surface area contributed by atoms with E-state index in [0.717, 1.165) is 17.4 Å². The molecule has 3 heterocycles. The summed E-state index contributed by atoms with van der Waals surface area (Å²) in [6.07, 6.45) is 1.43. The second-order valence-corrected chi connectivity index (χ2v) is 8.03. The predicted molar refractivity (Wildman–Crippen MR) is 120 cm³/mol. The standard InChI is InChI=1S/C22H17N3O8S/c1-3-32-22(29)17-13(15-8-5-9-33-15)10-34-19(17)23-18(26)11(2)24-20(27)12-6-4-7-14(25(30)31)16(12)21(24)28/h4-11H,3H2,1-2H3,(H,23,26)/t11-/m0/s1. The highest BCUT2D eigenvalue weighted by molar-refractivity contribution is 7.15. The second kappa shape index (κ2) is 8.90. The summed E-state index contributed by atoms with van der Waals surface area (Å²) in [7, 11) is 0. The number of carbonyl (C=O) groups excluding carboxylic acids is 4. The van der Waals surface area contributed by atoms with Crippen LogP contribution in [0.15, 0.2) is 46.4 Å². The molecule has 1 atom stereocenters. The van der Waals surface area contributed by atoms with Gasteiger partial charge in [0, 0.05) is 17.0 Å². The van der Waals surface area contributed by atoms with Crippen LogP contribution in [0.5, 0.6) is 0 Å². The van der Waals surface area contributed by atoms with Crippen molar-refractivity contribution in [3.05, 3.63) is 68.8 Å². The number of ether oxygens (including phenoxy) is 1. The summed E-state index contributed by atoms with van der Waals surface area (Å²) in [5.41, 5.74) is -0.548. The Morgan fingerprint density at radius 1 is 1.21 bits per heavy atom. The molecule has 0 bridgehead atoms. The molecule has 1 aliphatic rings. The van der Waals surface area contributed by atoms with Gasteiger partial charge in [-0.15, -0.1) is 11.3 Å². The zero-order valence-corrected chi connectivity index (χ0v) is 18.7. The van der Waals surface area contributed by atoms with Gasteiger partial charge in [-0.2, -0.15) is 0 Å². The second-order valence-electron chi connectivity index (χ2n) is 7.15. The van der Waals surface area contributed by atoms with Gasteiger partial charge in [-0.3, -0.25) is 29.4 Å². The van der Waals surface area contributed by atoms with E-state index in [9.17, 15) is 29.3 Å². The van der Waals surface area contributed by atoms with Crippen molar-refractivity contribution < 1.29 is 33.3 Å². The van der Waals surface area contributed by atoms with Crippen molar-refractivity contribution in [1.82, 2.24) is 4.90 Å². The molecule has 0 aliphatic carbocycles. The number of esters is 1. The van der Waals surface area contributed by atoms with Gasteiger partial charge in [0.25, 0.3) is 17.5 Å². The van der Waals surface area contributed by atoms with Crippen LogP contribution in [0.2, 0.25) is 0 Å². The molecule has 0 saturated heterocycles. The van der Waals surface area contributed by atoms with Crippen LogP contribution in [-0.4, -0.2) is 46.2 Å². The molecule has 11 nitrogen and oxygen atoms in total. The lowest BCUT2D eigenvalue weighted by Gasteiger charge is -2.21. The minimum Gasteiger partial charge on any atom is -0.464 e. The molecule has 34 heavy (non-hydrogen) atoms. The molecule has 0 saturated carbocycles. The van der Waals surface area contributed by atoms with Crippen molar-refractivity contribution in [1.29, 1.82) is 0 Å². The van der Waals surface area contributed by atoms with E-state index in [1.807, 2.05) is 0 Å². The van der Waals surface area contributed by atoms with E-state index < -0.39 is 40.3 Å². The first-order valence-corrected chi connectivity index (χ1v) is 10.9. The van der Waals surface area contributed by atoms with Crippen LogP contribution in [0.4, 0.5) is 10.7 Å². The van der Waals surface area contributed by atoms with Crippen molar-refractivity contribution in [3.8, 4) is 11.3 Å². The summed E-state index contributed by atoms with van der Waals surface area (Å²) in [4.78, 5) is 62.6. The third kappa shape index (κ3) is 3.73. The first-order valence-electron chi connectivity index (χ1n) is 10.0. The maximum atomic E-state index is 13.0. The van der Waals surface area contributed by atoms with Crippen molar-refractivity contribution in [2.75, 3.05) is 11.9 Å². The number of nitrogens with one attached hydrogen (secondary N) is 1. The lowest BCUT2D eigenvalue weighted by atomic mass is 10.1. The summed E-state index contributed by atoms with van der Waals surface area (Å²) in [5, 5.41) is 15.6. The molecule has 1 N–H and O–H groups in total. The number of fused-ring (bicyclic) bond motifs is 1. The number of hydrogen-bond acceptors (Lipinski definition) is 9. The number of nitro groups is 1. The summed E-state index contributed by atoms with van der Waals surface area (Å²) in [6.45, 7) is 3.05. The van der Waals surface area contributed by atoms with Gasteiger partial charge in [-0.25, -0.2) is 4.79 Å². The van der Waals surface area contributed by atoms with Crippen molar-refractivity contribution >= 4 is 45.7 Å². The maximum Gasteiger partial charge on any atom is 0.341 e. The van der Waals surface area contributed by atoms with Crippen molar-refractivity contribution in [3.63, 3.8) is 0 Å². The molecule has 4 rings (SSSR count). The zero-order valence-electron chi connectivity index (χ0n) is 17.9.